The highest BCUT2D eigenvalue weighted by molar-refractivity contribution is 7.09. The Morgan fingerprint density at radius 3 is 2.94 bits per heavy atom. The Morgan fingerprint density at radius 2 is 2.31 bits per heavy atom. The minimum absolute atomic E-state index is 0.0992. The van der Waals surface area contributed by atoms with Crippen LogP contribution in [0, 0.1) is 0 Å². The number of carbonyl (C=O) groups is 1. The minimum Gasteiger partial charge on any atom is -0.325 e. The molecule has 0 radical (unpaired) electrons. The van der Waals surface area contributed by atoms with E-state index in [-0.39, 0.29) is 5.78 Å². The average Bonchev–Trinajstić information content (AvgIpc) is 2.96. The third-order valence-electron chi connectivity index (χ3n) is 2.23. The molecule has 2 N–H and O–H groups in total. The fourth-order valence-electron chi connectivity index (χ4n) is 1.35. The fourth-order valence-corrected chi connectivity index (χ4v) is 2.74. The maximum absolute atomic E-state index is 11.8. The third-order valence-corrected chi connectivity index (χ3v) is 3.84. The molecule has 16 heavy (non-hydrogen) atoms. The molecule has 0 atom stereocenters. The summed E-state index contributed by atoms with van der Waals surface area (Å²) in [7, 11) is 0. The van der Waals surface area contributed by atoms with Gasteiger partial charge in [0.25, 0.3) is 0 Å². The molecule has 5 heteroatoms. The summed E-state index contributed by atoms with van der Waals surface area (Å²) in [5.41, 5.74) is 7.22. The number of aryl methyl sites for hydroxylation is 1. The summed E-state index contributed by atoms with van der Waals surface area (Å²) in [4.78, 5) is 16.0. The van der Waals surface area contributed by atoms with Crippen LogP contribution in [-0.2, 0) is 13.0 Å². The summed E-state index contributed by atoms with van der Waals surface area (Å²) < 4.78 is 0. The first kappa shape index (κ1) is 11.4. The van der Waals surface area contributed by atoms with E-state index in [2.05, 4.69) is 10.4 Å². The van der Waals surface area contributed by atoms with Crippen LogP contribution in [0.5, 0.6) is 0 Å². The van der Waals surface area contributed by atoms with Crippen LogP contribution in [0.4, 0.5) is 0 Å². The first-order chi connectivity index (χ1) is 7.79. The number of carbonyl (C=O) groups excluding carboxylic acids is 1. The molecule has 0 aliphatic heterocycles. The number of aromatic nitrogens is 1. The molecular weight excluding hydrogens is 240 g/mol. The molecule has 0 aliphatic rings. The number of hydrogen-bond acceptors (Lipinski definition) is 5. The molecule has 0 spiro atoms. The number of ketones is 1. The Bertz CT molecular complexity index is 462. The third kappa shape index (κ3) is 2.75. The molecule has 0 aliphatic carbocycles. The number of nitrogens with zero attached hydrogens (tertiary/aromatic N) is 1. The average molecular weight is 252 g/mol. The summed E-state index contributed by atoms with van der Waals surface area (Å²) in [6.45, 7) is 0.405. The van der Waals surface area contributed by atoms with Crippen molar-refractivity contribution in [1.82, 2.24) is 4.98 Å². The molecule has 0 saturated heterocycles. The number of thiophene rings is 1. The molecule has 2 aromatic rings. The van der Waals surface area contributed by atoms with Crippen LogP contribution in [0.15, 0.2) is 22.2 Å². The predicted octanol–water partition coefficient (Wildman–Crippen LogP) is 2.48. The quantitative estimate of drug-likeness (QED) is 0.832. The smallest absolute Gasteiger partial charge is 0.182 e. The second-order valence-electron chi connectivity index (χ2n) is 3.39. The molecule has 3 nitrogen and oxygen atoms in total. The molecule has 2 rings (SSSR count). The van der Waals surface area contributed by atoms with Gasteiger partial charge in [0.05, 0.1) is 0 Å². The molecule has 2 aromatic heterocycles. The molecule has 84 valence electrons. The van der Waals surface area contributed by atoms with Gasteiger partial charge in [-0.2, -0.15) is 11.3 Å². The van der Waals surface area contributed by atoms with Crippen molar-refractivity contribution < 1.29 is 4.79 Å². The van der Waals surface area contributed by atoms with E-state index >= 15 is 0 Å². The summed E-state index contributed by atoms with van der Waals surface area (Å²) in [6.07, 6.45) is 1.31. The van der Waals surface area contributed by atoms with Gasteiger partial charge in [0.1, 0.15) is 10.7 Å². The van der Waals surface area contributed by atoms with E-state index in [1.807, 2.05) is 11.4 Å². The Balaban J connectivity index is 1.93. The van der Waals surface area contributed by atoms with E-state index in [1.165, 1.54) is 16.9 Å². The van der Waals surface area contributed by atoms with Gasteiger partial charge in [0.15, 0.2) is 5.78 Å². The van der Waals surface area contributed by atoms with Crippen molar-refractivity contribution in [2.75, 3.05) is 0 Å². The molecular formula is C11H12N2OS2. The minimum atomic E-state index is 0.0992. The molecule has 0 bridgehead atoms. The van der Waals surface area contributed by atoms with Gasteiger partial charge in [0.2, 0.25) is 0 Å². The summed E-state index contributed by atoms with van der Waals surface area (Å²) in [5, 5.41) is 6.70. The molecule has 2 heterocycles. The zero-order valence-corrected chi connectivity index (χ0v) is 10.3. The lowest BCUT2D eigenvalue weighted by molar-refractivity contribution is 0.0978. The highest BCUT2D eigenvalue weighted by atomic mass is 32.1. The van der Waals surface area contributed by atoms with Crippen molar-refractivity contribution in [3.63, 3.8) is 0 Å². The predicted molar refractivity (Wildman–Crippen MR) is 67.0 cm³/mol. The lowest BCUT2D eigenvalue weighted by Crippen LogP contribution is -2.02. The zero-order chi connectivity index (χ0) is 11.4. The Kier molecular flexibility index (Phi) is 3.82. The Hall–Kier alpha value is -1.04. The number of hydrogen-bond donors (Lipinski definition) is 1. The number of Topliss-reactive ketones (excluding diaryl/α,β-unsaturated/α-hetero) is 1. The molecule has 0 unspecified atom stereocenters. The second kappa shape index (κ2) is 5.34. The molecule has 0 aromatic carbocycles. The van der Waals surface area contributed by atoms with E-state index in [0.29, 0.717) is 18.7 Å². The van der Waals surface area contributed by atoms with Crippen molar-refractivity contribution in [1.29, 1.82) is 0 Å². The van der Waals surface area contributed by atoms with Crippen LogP contribution in [-0.4, -0.2) is 10.8 Å². The Morgan fingerprint density at radius 1 is 1.44 bits per heavy atom. The maximum atomic E-state index is 11.8. The lowest BCUT2D eigenvalue weighted by atomic mass is 10.1. The molecule has 0 amide bonds. The summed E-state index contributed by atoms with van der Waals surface area (Å²) in [5.74, 6) is 0.0992. The molecule has 0 saturated carbocycles. The van der Waals surface area contributed by atoms with E-state index in [0.717, 1.165) is 11.4 Å². The van der Waals surface area contributed by atoms with Crippen LogP contribution < -0.4 is 5.73 Å². The number of nitrogens with two attached hydrogens (primary N) is 1. The van der Waals surface area contributed by atoms with E-state index in [4.69, 9.17) is 5.73 Å². The van der Waals surface area contributed by atoms with Crippen LogP contribution in [0.2, 0.25) is 0 Å². The topological polar surface area (TPSA) is 56.0 Å². The number of rotatable bonds is 5. The second-order valence-corrected chi connectivity index (χ2v) is 5.11. The van der Waals surface area contributed by atoms with E-state index < -0.39 is 0 Å². The summed E-state index contributed by atoms with van der Waals surface area (Å²) >= 11 is 3.10. The van der Waals surface area contributed by atoms with Gasteiger partial charge in [-0.3, -0.25) is 4.79 Å². The van der Waals surface area contributed by atoms with Gasteiger partial charge >= 0.3 is 0 Å². The fraction of sp³-hybridized carbons (Fsp3) is 0.273. The van der Waals surface area contributed by atoms with Crippen molar-refractivity contribution in [2.24, 2.45) is 5.73 Å². The first-order valence-corrected chi connectivity index (χ1v) is 6.80. The highest BCUT2D eigenvalue weighted by Gasteiger charge is 2.10. The van der Waals surface area contributed by atoms with Crippen LogP contribution in [0.1, 0.15) is 27.5 Å². The zero-order valence-electron chi connectivity index (χ0n) is 8.68. The van der Waals surface area contributed by atoms with E-state index in [9.17, 15) is 4.79 Å². The Labute approximate surface area is 102 Å². The highest BCUT2D eigenvalue weighted by Crippen LogP contribution is 2.13. The lowest BCUT2D eigenvalue weighted by Gasteiger charge is -1.95. The van der Waals surface area contributed by atoms with Gasteiger partial charge in [0, 0.05) is 18.3 Å². The van der Waals surface area contributed by atoms with Gasteiger partial charge in [-0.1, -0.05) is 0 Å². The monoisotopic (exact) mass is 252 g/mol. The maximum Gasteiger partial charge on any atom is 0.182 e. The summed E-state index contributed by atoms with van der Waals surface area (Å²) in [6, 6.07) is 2.05. The first-order valence-electron chi connectivity index (χ1n) is 4.98. The van der Waals surface area contributed by atoms with Crippen molar-refractivity contribution in [3.05, 3.63) is 38.5 Å². The van der Waals surface area contributed by atoms with Crippen LogP contribution in [0.3, 0.4) is 0 Å². The van der Waals surface area contributed by atoms with Gasteiger partial charge in [-0.15, -0.1) is 11.3 Å². The largest absolute Gasteiger partial charge is 0.325 e. The number of thiazole rings is 1. The van der Waals surface area contributed by atoms with Gasteiger partial charge < -0.3 is 5.73 Å². The van der Waals surface area contributed by atoms with Gasteiger partial charge in [-0.25, -0.2) is 4.98 Å². The van der Waals surface area contributed by atoms with Gasteiger partial charge in [-0.05, 0) is 28.8 Å². The van der Waals surface area contributed by atoms with E-state index in [1.54, 1.807) is 16.7 Å². The van der Waals surface area contributed by atoms with Crippen molar-refractivity contribution in [3.8, 4) is 0 Å². The molecule has 0 fully saturated rings. The van der Waals surface area contributed by atoms with Crippen molar-refractivity contribution in [2.45, 2.75) is 19.4 Å². The SMILES string of the molecule is NCc1nc(C(=O)CCc2ccsc2)cs1. The normalized spacial score (nSPS) is 10.6. The van der Waals surface area contributed by atoms with Crippen LogP contribution in [0.25, 0.3) is 0 Å². The standard InChI is InChI=1S/C11H12N2OS2/c12-5-11-13-9(7-16-11)10(14)2-1-8-3-4-15-6-8/h3-4,6-7H,1-2,5,12H2. The van der Waals surface area contributed by atoms with Crippen molar-refractivity contribution >= 4 is 28.5 Å². The van der Waals surface area contributed by atoms with Crippen LogP contribution >= 0.6 is 22.7 Å².